The molecule has 3 aromatic carbocycles. The highest BCUT2D eigenvalue weighted by Crippen LogP contribution is 2.26. The van der Waals surface area contributed by atoms with Gasteiger partial charge in [0, 0.05) is 0 Å². The van der Waals surface area contributed by atoms with Crippen molar-refractivity contribution in [2.24, 2.45) is 0 Å². The first kappa shape index (κ1) is 19.1. The van der Waals surface area contributed by atoms with Crippen LogP contribution in [0.3, 0.4) is 0 Å². The minimum Gasteiger partial charge on any atom is -0.494 e. The molecule has 27 heavy (non-hydrogen) atoms. The van der Waals surface area contributed by atoms with E-state index in [-0.39, 0.29) is 10.6 Å². The zero-order valence-corrected chi connectivity index (χ0v) is 15.8. The van der Waals surface area contributed by atoms with Crippen LogP contribution in [0.5, 0.6) is 5.75 Å². The van der Waals surface area contributed by atoms with Crippen molar-refractivity contribution >= 4 is 10.0 Å². The molecule has 140 valence electrons. The average Bonchev–Trinajstić information content (AvgIpc) is 2.67. The second-order valence-corrected chi connectivity index (χ2v) is 7.89. The predicted molar refractivity (Wildman–Crippen MR) is 103 cm³/mol. The lowest BCUT2D eigenvalue weighted by Gasteiger charge is -2.20. The van der Waals surface area contributed by atoms with Gasteiger partial charge in [-0.3, -0.25) is 0 Å². The Bertz CT molecular complexity index is 1020. The molecule has 3 rings (SSSR count). The molecule has 6 heteroatoms. The van der Waals surface area contributed by atoms with E-state index in [4.69, 9.17) is 4.74 Å². The first-order valence-corrected chi connectivity index (χ1v) is 9.86. The van der Waals surface area contributed by atoms with Crippen molar-refractivity contribution in [3.05, 3.63) is 95.3 Å². The van der Waals surface area contributed by atoms with Gasteiger partial charge < -0.3 is 4.74 Å². The number of hydrogen-bond donors (Lipinski definition) is 1. The number of halogens is 1. The van der Waals surface area contributed by atoms with Gasteiger partial charge in [0.05, 0.1) is 18.0 Å². The Morgan fingerprint density at radius 3 is 2.15 bits per heavy atom. The fourth-order valence-electron chi connectivity index (χ4n) is 2.77. The van der Waals surface area contributed by atoms with E-state index >= 15 is 0 Å². The van der Waals surface area contributed by atoms with Crippen molar-refractivity contribution in [1.82, 2.24) is 4.72 Å². The van der Waals surface area contributed by atoms with E-state index in [1.165, 1.54) is 19.2 Å². The third kappa shape index (κ3) is 4.35. The number of aryl methyl sites for hydroxylation is 1. The topological polar surface area (TPSA) is 55.4 Å². The van der Waals surface area contributed by atoms with Crippen LogP contribution in [0.15, 0.2) is 77.7 Å². The van der Waals surface area contributed by atoms with Crippen LogP contribution < -0.4 is 9.46 Å². The SMILES string of the molecule is COc1ccc(S(=O)(=O)N[C@@H](c2ccccc2)c2ccc(C)cc2)cc1F. The fraction of sp³-hybridized carbons (Fsp3) is 0.143. The third-order valence-electron chi connectivity index (χ3n) is 4.25. The van der Waals surface area contributed by atoms with Gasteiger partial charge in [0.1, 0.15) is 0 Å². The second kappa shape index (κ2) is 7.90. The number of nitrogens with one attached hydrogen (secondary N) is 1. The molecule has 0 saturated carbocycles. The summed E-state index contributed by atoms with van der Waals surface area (Å²) in [5.41, 5.74) is 2.66. The van der Waals surface area contributed by atoms with Gasteiger partial charge >= 0.3 is 0 Å². The maximum absolute atomic E-state index is 14.0. The second-order valence-electron chi connectivity index (χ2n) is 6.17. The van der Waals surface area contributed by atoms with E-state index in [1.54, 1.807) is 0 Å². The zero-order valence-electron chi connectivity index (χ0n) is 15.0. The molecule has 0 aliphatic heterocycles. The summed E-state index contributed by atoms with van der Waals surface area (Å²) in [4.78, 5) is -0.158. The van der Waals surface area contributed by atoms with E-state index in [2.05, 4.69) is 4.72 Å². The highest BCUT2D eigenvalue weighted by Gasteiger charge is 2.24. The Hall–Kier alpha value is -2.70. The van der Waals surface area contributed by atoms with E-state index < -0.39 is 21.9 Å². The highest BCUT2D eigenvalue weighted by atomic mass is 32.2. The number of ether oxygens (including phenoxy) is 1. The summed E-state index contributed by atoms with van der Waals surface area (Å²) in [6.45, 7) is 1.96. The number of benzene rings is 3. The minimum absolute atomic E-state index is 0.00732. The van der Waals surface area contributed by atoms with E-state index in [0.29, 0.717) is 0 Å². The Kier molecular flexibility index (Phi) is 5.58. The maximum atomic E-state index is 14.0. The molecule has 0 unspecified atom stereocenters. The van der Waals surface area contributed by atoms with Crippen LogP contribution in [-0.4, -0.2) is 15.5 Å². The quantitative estimate of drug-likeness (QED) is 0.692. The van der Waals surface area contributed by atoms with Crippen LogP contribution in [0.1, 0.15) is 22.7 Å². The Morgan fingerprint density at radius 2 is 1.56 bits per heavy atom. The standard InChI is InChI=1S/C21H20FNO3S/c1-15-8-10-17(11-9-15)21(16-6-4-3-5-7-16)23-27(24,25)18-12-13-20(26-2)19(22)14-18/h3-14,21,23H,1-2H3/t21-/m0/s1. The van der Waals surface area contributed by atoms with Crippen LogP contribution >= 0.6 is 0 Å². The van der Waals surface area contributed by atoms with Gasteiger partial charge in [-0.1, -0.05) is 60.2 Å². The molecule has 1 N–H and O–H groups in total. The normalized spacial score (nSPS) is 12.6. The van der Waals surface area contributed by atoms with Gasteiger partial charge in [-0.05, 0) is 36.2 Å². The number of methoxy groups -OCH3 is 1. The Morgan fingerprint density at radius 1 is 0.926 bits per heavy atom. The molecule has 0 fully saturated rings. The third-order valence-corrected chi connectivity index (χ3v) is 5.67. The van der Waals surface area contributed by atoms with Crippen molar-refractivity contribution < 1.29 is 17.5 Å². The lowest BCUT2D eigenvalue weighted by molar-refractivity contribution is 0.385. The summed E-state index contributed by atoms with van der Waals surface area (Å²) in [5.74, 6) is -0.737. The van der Waals surface area contributed by atoms with Crippen LogP contribution in [0.2, 0.25) is 0 Å². The number of hydrogen-bond acceptors (Lipinski definition) is 3. The molecule has 4 nitrogen and oxygen atoms in total. The Balaban J connectivity index is 2.00. The maximum Gasteiger partial charge on any atom is 0.241 e. The Labute approximate surface area is 158 Å². The largest absolute Gasteiger partial charge is 0.494 e. The molecule has 0 saturated heterocycles. The van der Waals surface area contributed by atoms with Crippen molar-refractivity contribution in [1.29, 1.82) is 0 Å². The molecular formula is C21H20FNO3S. The smallest absolute Gasteiger partial charge is 0.241 e. The van der Waals surface area contributed by atoms with Gasteiger partial charge in [0.2, 0.25) is 10.0 Å². The number of rotatable bonds is 6. The molecule has 0 aliphatic rings. The molecule has 3 aromatic rings. The molecule has 0 amide bonds. The fourth-order valence-corrected chi connectivity index (χ4v) is 3.99. The lowest BCUT2D eigenvalue weighted by atomic mass is 9.99. The first-order valence-electron chi connectivity index (χ1n) is 8.38. The molecule has 1 atom stereocenters. The van der Waals surface area contributed by atoms with Gasteiger partial charge in [-0.2, -0.15) is 4.72 Å². The van der Waals surface area contributed by atoms with Gasteiger partial charge in [-0.25, -0.2) is 12.8 Å². The lowest BCUT2D eigenvalue weighted by Crippen LogP contribution is -2.29. The summed E-state index contributed by atoms with van der Waals surface area (Å²) in [7, 11) is -2.63. The van der Waals surface area contributed by atoms with Gasteiger partial charge in [-0.15, -0.1) is 0 Å². The molecule has 0 bridgehead atoms. The van der Waals surface area contributed by atoms with Crippen LogP contribution in [0.4, 0.5) is 4.39 Å². The van der Waals surface area contributed by atoms with Gasteiger partial charge in [0.25, 0.3) is 0 Å². The summed E-state index contributed by atoms with van der Waals surface area (Å²) in [6.07, 6.45) is 0. The van der Waals surface area contributed by atoms with Crippen LogP contribution in [0.25, 0.3) is 0 Å². The predicted octanol–water partition coefficient (Wildman–Crippen LogP) is 4.21. The average molecular weight is 385 g/mol. The van der Waals surface area contributed by atoms with Crippen molar-refractivity contribution in [3.63, 3.8) is 0 Å². The van der Waals surface area contributed by atoms with Crippen molar-refractivity contribution in [2.75, 3.05) is 7.11 Å². The molecule has 0 radical (unpaired) electrons. The van der Waals surface area contributed by atoms with E-state index in [1.807, 2.05) is 61.5 Å². The van der Waals surface area contributed by atoms with Crippen LogP contribution in [0, 0.1) is 12.7 Å². The van der Waals surface area contributed by atoms with Gasteiger partial charge in [0.15, 0.2) is 11.6 Å². The monoisotopic (exact) mass is 385 g/mol. The first-order chi connectivity index (χ1) is 12.9. The van der Waals surface area contributed by atoms with Crippen LogP contribution in [-0.2, 0) is 10.0 Å². The summed E-state index contributed by atoms with van der Waals surface area (Å²) >= 11 is 0. The molecule has 0 spiro atoms. The molecule has 0 aliphatic carbocycles. The van der Waals surface area contributed by atoms with Crippen molar-refractivity contribution in [3.8, 4) is 5.75 Å². The highest BCUT2D eigenvalue weighted by molar-refractivity contribution is 7.89. The molecule has 0 heterocycles. The van der Waals surface area contributed by atoms with E-state index in [9.17, 15) is 12.8 Å². The van der Waals surface area contributed by atoms with Crippen molar-refractivity contribution in [2.45, 2.75) is 17.9 Å². The zero-order chi connectivity index (χ0) is 19.4. The summed E-state index contributed by atoms with van der Waals surface area (Å²) in [6, 6.07) is 19.8. The van der Waals surface area contributed by atoms with E-state index in [0.717, 1.165) is 22.8 Å². The molecular weight excluding hydrogens is 365 g/mol. The minimum atomic E-state index is -3.96. The summed E-state index contributed by atoms with van der Waals surface area (Å²) < 4.78 is 47.3. The summed E-state index contributed by atoms with van der Waals surface area (Å²) in [5, 5.41) is 0. The molecule has 0 aromatic heterocycles. The number of sulfonamides is 1.